The molecule has 1 atom stereocenters. The lowest BCUT2D eigenvalue weighted by Gasteiger charge is -2.29. The summed E-state index contributed by atoms with van der Waals surface area (Å²) in [4.78, 5) is 31.7. The number of aromatic nitrogens is 5. The minimum Gasteiger partial charge on any atom is -0.496 e. The fraction of sp³-hybridized carbons (Fsp3) is 0.417. The smallest absolute Gasteiger partial charge is 0.410 e. The molecule has 0 saturated carbocycles. The van der Waals surface area contributed by atoms with Gasteiger partial charge in [0, 0.05) is 13.1 Å². The average Bonchev–Trinajstić information content (AvgIpc) is 3.40. The van der Waals surface area contributed by atoms with Gasteiger partial charge < -0.3 is 24.8 Å². The molecule has 2 amide bonds. The van der Waals surface area contributed by atoms with Crippen LogP contribution in [0.25, 0.3) is 11.5 Å². The van der Waals surface area contributed by atoms with Gasteiger partial charge in [-0.1, -0.05) is 13.0 Å². The van der Waals surface area contributed by atoms with Gasteiger partial charge in [-0.05, 0) is 65.6 Å². The second-order valence-electron chi connectivity index (χ2n) is 8.45. The third kappa shape index (κ3) is 5.28. The highest BCUT2D eigenvalue weighted by Crippen LogP contribution is 2.29. The van der Waals surface area contributed by atoms with E-state index in [1.165, 1.54) is 11.8 Å². The van der Waals surface area contributed by atoms with Crippen LogP contribution in [0.1, 0.15) is 47.8 Å². The Morgan fingerprint density at radius 3 is 2.83 bits per heavy atom. The molecule has 2 N–H and O–H groups in total. The maximum absolute atomic E-state index is 13.2. The number of methoxy groups -OCH3 is 1. The molecule has 0 unspecified atom stereocenters. The number of nitrogens with one attached hydrogen (secondary N) is 1. The highest BCUT2D eigenvalue weighted by atomic mass is 16.6. The molecular formula is C24H29N7O5. The van der Waals surface area contributed by atoms with E-state index in [9.17, 15) is 14.7 Å². The second kappa shape index (κ2) is 11.1. The first-order chi connectivity index (χ1) is 17.4. The van der Waals surface area contributed by atoms with Crippen molar-refractivity contribution in [1.82, 2.24) is 30.1 Å². The number of carbonyl (C=O) groups is 2. The third-order valence-electron chi connectivity index (χ3n) is 5.86. The lowest BCUT2D eigenvalue weighted by Crippen LogP contribution is -2.36. The van der Waals surface area contributed by atoms with Crippen molar-refractivity contribution in [3.63, 3.8) is 0 Å². The van der Waals surface area contributed by atoms with Crippen LogP contribution in [-0.4, -0.2) is 74.1 Å². The molecule has 4 rings (SSSR count). The van der Waals surface area contributed by atoms with E-state index in [2.05, 4.69) is 25.8 Å². The molecule has 0 spiro atoms. The lowest BCUT2D eigenvalue weighted by atomic mass is 9.96. The minimum absolute atomic E-state index is 0.139. The Morgan fingerprint density at radius 2 is 2.08 bits per heavy atom. The summed E-state index contributed by atoms with van der Waals surface area (Å²) in [5.74, 6) is 0.695. The summed E-state index contributed by atoms with van der Waals surface area (Å²) >= 11 is 0. The van der Waals surface area contributed by atoms with Crippen LogP contribution in [0.15, 0.2) is 30.3 Å². The number of aliphatic hydroxyl groups is 1. The van der Waals surface area contributed by atoms with E-state index in [1.807, 2.05) is 13.0 Å². The number of anilines is 1. The highest BCUT2D eigenvalue weighted by molar-refractivity contribution is 6.06. The number of hydrogen-bond acceptors (Lipinski definition) is 9. The van der Waals surface area contributed by atoms with Crippen molar-refractivity contribution in [3.05, 3.63) is 47.0 Å². The van der Waals surface area contributed by atoms with Crippen molar-refractivity contribution >= 4 is 17.8 Å². The van der Waals surface area contributed by atoms with Crippen molar-refractivity contribution in [2.75, 3.05) is 32.2 Å². The van der Waals surface area contributed by atoms with Gasteiger partial charge in [-0.2, -0.15) is 0 Å². The standard InChI is InChI=1S/C24H29N7O5/c1-4-10-36-24(34)30-9-8-16-12-20(35-3)18(11-17(16)13-30)23(33)26-21-7-5-6-19(25-21)22-27-28-29-31(22)15(2)14-32/h5-7,11-12,15,32H,4,8-10,13-14H2,1-3H3,(H,25,26,33)/t15-/m1/s1. The van der Waals surface area contributed by atoms with Gasteiger partial charge >= 0.3 is 6.09 Å². The minimum atomic E-state index is -0.409. The molecule has 3 heterocycles. The van der Waals surface area contributed by atoms with Crippen LogP contribution in [0.5, 0.6) is 5.75 Å². The van der Waals surface area contributed by atoms with Gasteiger partial charge in [0.1, 0.15) is 17.3 Å². The topological polar surface area (TPSA) is 145 Å². The van der Waals surface area contributed by atoms with Crippen molar-refractivity contribution in [2.45, 2.75) is 39.3 Å². The number of pyridine rings is 1. The molecular weight excluding hydrogens is 466 g/mol. The van der Waals surface area contributed by atoms with Crippen LogP contribution in [0.4, 0.5) is 10.6 Å². The number of aliphatic hydroxyl groups excluding tert-OH is 1. The average molecular weight is 496 g/mol. The summed E-state index contributed by atoms with van der Waals surface area (Å²) < 4.78 is 12.2. The van der Waals surface area contributed by atoms with E-state index in [4.69, 9.17) is 9.47 Å². The molecule has 190 valence electrons. The molecule has 12 heteroatoms. The van der Waals surface area contributed by atoms with E-state index in [-0.39, 0.29) is 18.7 Å². The summed E-state index contributed by atoms with van der Waals surface area (Å²) in [7, 11) is 1.51. The molecule has 36 heavy (non-hydrogen) atoms. The molecule has 1 aliphatic rings. The lowest BCUT2D eigenvalue weighted by molar-refractivity contribution is 0.0978. The van der Waals surface area contributed by atoms with Crippen LogP contribution in [0, 0.1) is 0 Å². The number of carbonyl (C=O) groups excluding carboxylic acids is 2. The quantitative estimate of drug-likeness (QED) is 0.481. The number of hydrogen-bond donors (Lipinski definition) is 2. The van der Waals surface area contributed by atoms with E-state index < -0.39 is 5.91 Å². The number of nitrogens with zero attached hydrogens (tertiary/aromatic N) is 6. The second-order valence-corrected chi connectivity index (χ2v) is 8.45. The third-order valence-corrected chi connectivity index (χ3v) is 5.86. The van der Waals surface area contributed by atoms with Gasteiger partial charge in [0.2, 0.25) is 5.82 Å². The van der Waals surface area contributed by atoms with Crippen molar-refractivity contribution in [1.29, 1.82) is 0 Å². The maximum atomic E-state index is 13.2. The van der Waals surface area contributed by atoms with Gasteiger partial charge in [0.25, 0.3) is 5.91 Å². The van der Waals surface area contributed by atoms with Crippen molar-refractivity contribution in [2.24, 2.45) is 0 Å². The first kappa shape index (κ1) is 25.0. The SMILES string of the molecule is CCCOC(=O)N1CCc2cc(OC)c(C(=O)Nc3cccc(-c4nnnn4[C@H](C)CO)n3)cc2C1. The summed E-state index contributed by atoms with van der Waals surface area (Å²) in [5, 5.41) is 23.9. The molecule has 0 radical (unpaired) electrons. The Balaban J connectivity index is 1.56. The normalized spacial score (nSPS) is 13.6. The van der Waals surface area contributed by atoms with Crippen molar-refractivity contribution < 1.29 is 24.2 Å². The fourth-order valence-corrected chi connectivity index (χ4v) is 3.92. The van der Waals surface area contributed by atoms with Gasteiger partial charge in [-0.15, -0.1) is 5.10 Å². The summed E-state index contributed by atoms with van der Waals surface area (Å²) in [5.41, 5.74) is 2.65. The largest absolute Gasteiger partial charge is 0.496 e. The van der Waals surface area contributed by atoms with Crippen LogP contribution in [0.3, 0.4) is 0 Å². The van der Waals surface area contributed by atoms with E-state index in [0.717, 1.165) is 17.5 Å². The number of rotatable bonds is 8. The van der Waals surface area contributed by atoms with Crippen LogP contribution in [-0.2, 0) is 17.7 Å². The number of ether oxygens (including phenoxy) is 2. The molecule has 1 aromatic carbocycles. The Kier molecular flexibility index (Phi) is 7.74. The number of benzene rings is 1. The molecule has 0 saturated heterocycles. The molecule has 2 aromatic heterocycles. The van der Waals surface area contributed by atoms with E-state index in [1.54, 1.807) is 36.1 Å². The van der Waals surface area contributed by atoms with Gasteiger partial charge in [-0.25, -0.2) is 14.5 Å². The first-order valence-electron chi connectivity index (χ1n) is 11.7. The molecule has 0 bridgehead atoms. The first-order valence-corrected chi connectivity index (χ1v) is 11.7. The summed E-state index contributed by atoms with van der Waals surface area (Å²) in [6.45, 7) is 4.84. The maximum Gasteiger partial charge on any atom is 0.410 e. The van der Waals surface area contributed by atoms with Crippen LogP contribution in [0.2, 0.25) is 0 Å². The molecule has 3 aromatic rings. The number of tetrazole rings is 1. The van der Waals surface area contributed by atoms with Crippen molar-refractivity contribution in [3.8, 4) is 17.3 Å². The monoisotopic (exact) mass is 495 g/mol. The number of amides is 2. The number of fused-ring (bicyclic) bond motifs is 1. The Bertz CT molecular complexity index is 1250. The Labute approximate surface area is 208 Å². The summed E-state index contributed by atoms with van der Waals surface area (Å²) in [6.07, 6.45) is 1.03. The molecule has 0 fully saturated rings. The zero-order valence-corrected chi connectivity index (χ0v) is 20.5. The Hall–Kier alpha value is -4.06. The van der Waals surface area contributed by atoms with Gasteiger partial charge in [0.15, 0.2) is 0 Å². The zero-order valence-electron chi connectivity index (χ0n) is 20.5. The molecule has 0 aliphatic carbocycles. The molecule has 12 nitrogen and oxygen atoms in total. The van der Waals surface area contributed by atoms with E-state index >= 15 is 0 Å². The van der Waals surface area contributed by atoms with Crippen LogP contribution < -0.4 is 10.1 Å². The zero-order chi connectivity index (χ0) is 25.7. The predicted octanol–water partition coefficient (Wildman–Crippen LogP) is 2.45. The summed E-state index contributed by atoms with van der Waals surface area (Å²) in [6, 6.07) is 8.34. The van der Waals surface area contributed by atoms with E-state index in [0.29, 0.717) is 54.8 Å². The van der Waals surface area contributed by atoms with Gasteiger partial charge in [0.05, 0.1) is 31.9 Å². The predicted molar refractivity (Wildman–Crippen MR) is 130 cm³/mol. The highest BCUT2D eigenvalue weighted by Gasteiger charge is 2.25. The van der Waals surface area contributed by atoms with Gasteiger partial charge in [-0.3, -0.25) is 4.79 Å². The van der Waals surface area contributed by atoms with Crippen LogP contribution >= 0.6 is 0 Å². The molecule has 1 aliphatic heterocycles. The fourth-order valence-electron chi connectivity index (χ4n) is 3.92. The Morgan fingerprint density at radius 1 is 1.25 bits per heavy atom.